The molecule has 150 valence electrons. The minimum Gasteiger partial charge on any atom is -0.463 e. The number of nitriles is 1. The average molecular weight is 408 g/mol. The van der Waals surface area contributed by atoms with Crippen LogP contribution in [0, 0.1) is 11.3 Å². The molecular weight excluding hydrogens is 390 g/mol. The molecule has 0 fully saturated rings. The van der Waals surface area contributed by atoms with Gasteiger partial charge in [-0.05, 0) is 42.8 Å². The Labute approximate surface area is 178 Å². The molecule has 8 heteroatoms. The summed E-state index contributed by atoms with van der Waals surface area (Å²) < 4.78 is 9.29. The van der Waals surface area contributed by atoms with Gasteiger partial charge in [-0.1, -0.05) is 23.3 Å². The first-order chi connectivity index (χ1) is 15.2. The van der Waals surface area contributed by atoms with Gasteiger partial charge in [0, 0.05) is 0 Å². The fourth-order valence-electron chi connectivity index (χ4n) is 3.84. The van der Waals surface area contributed by atoms with E-state index in [4.69, 9.17) is 15.3 Å². The van der Waals surface area contributed by atoms with Gasteiger partial charge in [0.15, 0.2) is 17.8 Å². The second-order valence-electron chi connectivity index (χ2n) is 7.10. The molecule has 4 aromatic rings. The van der Waals surface area contributed by atoms with Crippen molar-refractivity contribution in [1.82, 2.24) is 14.5 Å². The number of nitrogen functional groups attached to an aromatic ring is 1. The maximum Gasteiger partial charge on any atom is 0.301 e. The van der Waals surface area contributed by atoms with Gasteiger partial charge in [-0.3, -0.25) is 0 Å². The third-order valence-corrected chi connectivity index (χ3v) is 5.19. The first kappa shape index (κ1) is 18.5. The molecule has 1 aliphatic heterocycles. The van der Waals surface area contributed by atoms with Crippen molar-refractivity contribution >= 4 is 23.1 Å². The van der Waals surface area contributed by atoms with Crippen LogP contribution in [0.4, 0.5) is 11.5 Å². The van der Waals surface area contributed by atoms with Crippen molar-refractivity contribution < 1.29 is 9.10 Å². The van der Waals surface area contributed by atoms with Crippen LogP contribution in [0.3, 0.4) is 0 Å². The van der Waals surface area contributed by atoms with Gasteiger partial charge >= 0.3 is 5.84 Å². The predicted molar refractivity (Wildman–Crippen MR) is 116 cm³/mol. The van der Waals surface area contributed by atoms with E-state index in [9.17, 15) is 5.26 Å². The van der Waals surface area contributed by atoms with E-state index in [0.29, 0.717) is 22.6 Å². The van der Waals surface area contributed by atoms with Crippen molar-refractivity contribution in [3.8, 4) is 17.5 Å². The van der Waals surface area contributed by atoms with Crippen LogP contribution in [0.2, 0.25) is 0 Å². The molecule has 2 N–H and O–H groups in total. The van der Waals surface area contributed by atoms with Crippen molar-refractivity contribution in [3.63, 3.8) is 0 Å². The number of anilines is 1. The third-order valence-electron chi connectivity index (χ3n) is 5.19. The average Bonchev–Trinajstić information content (AvgIpc) is 3.54. The zero-order chi connectivity index (χ0) is 21.4. The highest BCUT2D eigenvalue weighted by Crippen LogP contribution is 2.34. The maximum atomic E-state index is 9.89. The molecule has 0 saturated heterocycles. The summed E-state index contributed by atoms with van der Waals surface area (Å²) in [7, 11) is 0. The second-order valence-corrected chi connectivity index (χ2v) is 7.10. The zero-order valence-corrected chi connectivity index (χ0v) is 16.7. The van der Waals surface area contributed by atoms with Crippen LogP contribution >= 0.6 is 0 Å². The molecule has 0 amide bonds. The number of rotatable bonds is 3. The van der Waals surface area contributed by atoms with Crippen molar-refractivity contribution in [2.24, 2.45) is 5.10 Å². The maximum absolute atomic E-state index is 9.89. The summed E-state index contributed by atoms with van der Waals surface area (Å²) in [5, 5.41) is 14.7. The topological polar surface area (TPSA) is 109 Å². The molecular formula is C23H18N7O+. The molecule has 5 rings (SSSR count). The summed E-state index contributed by atoms with van der Waals surface area (Å²) in [4.78, 5) is 8.60. The summed E-state index contributed by atoms with van der Waals surface area (Å²) in [6.07, 6.45) is 6.86. The van der Waals surface area contributed by atoms with Gasteiger partial charge in [0.05, 0.1) is 23.7 Å². The van der Waals surface area contributed by atoms with Crippen LogP contribution < -0.4 is 5.73 Å². The lowest BCUT2D eigenvalue weighted by molar-refractivity contribution is -0.444. The van der Waals surface area contributed by atoms with E-state index >= 15 is 0 Å². The fraction of sp³-hybridized carbons (Fsp3) is 0.0870. The van der Waals surface area contributed by atoms with Crippen molar-refractivity contribution in [3.05, 3.63) is 84.6 Å². The normalized spacial score (nSPS) is 15.7. The summed E-state index contributed by atoms with van der Waals surface area (Å²) in [5.41, 5.74) is 9.52. The Bertz CT molecular complexity index is 1350. The van der Waals surface area contributed by atoms with E-state index in [1.165, 1.54) is 0 Å². The lowest BCUT2D eigenvalue weighted by Gasteiger charge is -2.14. The minimum atomic E-state index is -0.330. The van der Waals surface area contributed by atoms with Gasteiger partial charge in [0.25, 0.3) is 0 Å². The lowest BCUT2D eigenvalue weighted by Crippen LogP contribution is -2.27. The van der Waals surface area contributed by atoms with E-state index < -0.39 is 0 Å². The molecule has 1 aliphatic rings. The molecule has 0 radical (unpaired) electrons. The third kappa shape index (κ3) is 3.09. The van der Waals surface area contributed by atoms with Crippen LogP contribution in [0.5, 0.6) is 0 Å². The molecule has 0 saturated carbocycles. The number of furan rings is 1. The quantitative estimate of drug-likeness (QED) is 0.519. The number of pyridine rings is 1. The molecule has 0 spiro atoms. The zero-order valence-electron chi connectivity index (χ0n) is 16.7. The van der Waals surface area contributed by atoms with E-state index in [0.717, 1.165) is 17.2 Å². The molecule has 31 heavy (non-hydrogen) atoms. The van der Waals surface area contributed by atoms with E-state index in [-0.39, 0.29) is 11.7 Å². The molecule has 1 atom stereocenters. The molecule has 8 nitrogen and oxygen atoms in total. The van der Waals surface area contributed by atoms with Gasteiger partial charge in [-0.25, -0.2) is 9.97 Å². The number of benzene rings is 1. The first-order valence-corrected chi connectivity index (χ1v) is 9.67. The molecule has 1 unspecified atom stereocenters. The second kappa shape index (κ2) is 7.39. The Morgan fingerprint density at radius 3 is 2.71 bits per heavy atom. The fourth-order valence-corrected chi connectivity index (χ4v) is 3.84. The van der Waals surface area contributed by atoms with Crippen LogP contribution in [-0.4, -0.2) is 30.8 Å². The summed E-state index contributed by atoms with van der Waals surface area (Å²) in [6, 6.07) is 17.5. The SMILES string of the molecule is CC1=N[N+](c2ccccc2)=C(n2ccnc2)C1c1cc(-c2ccco2)nc(N)c1C#N. The predicted octanol–water partition coefficient (Wildman–Crippen LogP) is 3.76. The van der Waals surface area contributed by atoms with Crippen LogP contribution in [0.1, 0.15) is 24.0 Å². The Morgan fingerprint density at radius 1 is 1.19 bits per heavy atom. The molecule has 1 aromatic carbocycles. The molecule has 3 aromatic heterocycles. The monoisotopic (exact) mass is 408 g/mol. The van der Waals surface area contributed by atoms with E-state index in [1.807, 2.05) is 64.8 Å². The van der Waals surface area contributed by atoms with Gasteiger partial charge in [0.1, 0.15) is 29.7 Å². The number of nitrogens with two attached hydrogens (primary N) is 1. The highest BCUT2D eigenvalue weighted by Gasteiger charge is 2.40. The summed E-state index contributed by atoms with van der Waals surface area (Å²) in [6.45, 7) is 1.94. The Balaban J connectivity index is 1.77. The Hall–Kier alpha value is -4.51. The summed E-state index contributed by atoms with van der Waals surface area (Å²) in [5.74, 6) is 1.23. The van der Waals surface area contributed by atoms with Crippen molar-refractivity contribution in [1.29, 1.82) is 5.26 Å². The van der Waals surface area contributed by atoms with Crippen molar-refractivity contribution in [2.75, 3.05) is 5.73 Å². The first-order valence-electron chi connectivity index (χ1n) is 9.67. The lowest BCUT2D eigenvalue weighted by atomic mass is 9.90. The molecule has 0 bridgehead atoms. The number of nitrogens with zero attached hydrogens (tertiary/aromatic N) is 6. The number of aromatic nitrogens is 3. The van der Waals surface area contributed by atoms with Crippen molar-refractivity contribution in [2.45, 2.75) is 12.8 Å². The van der Waals surface area contributed by atoms with Crippen LogP contribution in [0.25, 0.3) is 11.5 Å². The van der Waals surface area contributed by atoms with Gasteiger partial charge in [-0.15, -0.1) is 4.68 Å². The highest BCUT2D eigenvalue weighted by molar-refractivity contribution is 6.12. The largest absolute Gasteiger partial charge is 0.463 e. The number of hydrogen-bond acceptors (Lipinski definition) is 6. The number of para-hydroxylation sites is 1. The minimum absolute atomic E-state index is 0.155. The van der Waals surface area contributed by atoms with Gasteiger partial charge < -0.3 is 10.2 Å². The standard InChI is InChI=1S/C23H18N7O/c1-15-21(17-12-19(20-8-5-11-31-20)27-22(25)18(17)13-24)23(29-10-9-26-14-29)30(28-15)16-6-3-2-4-7-16/h2-12,14,21H,1H3,(H2,25,27)/q+1. The van der Waals surface area contributed by atoms with Crippen LogP contribution in [0.15, 0.2) is 83.0 Å². The molecule has 0 aliphatic carbocycles. The number of hydrogen-bond donors (Lipinski definition) is 1. The smallest absolute Gasteiger partial charge is 0.301 e. The van der Waals surface area contributed by atoms with E-state index in [2.05, 4.69) is 16.0 Å². The van der Waals surface area contributed by atoms with Gasteiger partial charge in [-0.2, -0.15) is 9.83 Å². The Morgan fingerprint density at radius 2 is 2.03 bits per heavy atom. The highest BCUT2D eigenvalue weighted by atomic mass is 16.3. The van der Waals surface area contributed by atoms with E-state index in [1.54, 1.807) is 24.9 Å². The Kier molecular flexibility index (Phi) is 4.41. The number of hydrazone groups is 1. The number of imidazole rings is 1. The summed E-state index contributed by atoms with van der Waals surface area (Å²) >= 11 is 0. The molecule has 4 heterocycles. The van der Waals surface area contributed by atoms with Crippen LogP contribution in [-0.2, 0) is 0 Å². The van der Waals surface area contributed by atoms with Gasteiger partial charge in [0.2, 0.25) is 0 Å².